The number of aromatic carboxylic acids is 1. The van der Waals surface area contributed by atoms with Crippen LogP contribution in [0.4, 0.5) is 5.82 Å². The quantitative estimate of drug-likeness (QED) is 0.732. The molecule has 2 rings (SSSR count). The van der Waals surface area contributed by atoms with Crippen LogP contribution in [0.15, 0.2) is 6.07 Å². The molecule has 0 bridgehead atoms. The molecule has 6 nitrogen and oxygen atoms in total. The number of rotatable bonds is 6. The minimum Gasteiger partial charge on any atom is -0.478 e. The summed E-state index contributed by atoms with van der Waals surface area (Å²) in [6, 6.07) is 2.07. The van der Waals surface area contributed by atoms with Crippen LogP contribution in [0.2, 0.25) is 0 Å². The molecule has 1 saturated carbocycles. The lowest BCUT2D eigenvalue weighted by Gasteiger charge is -2.11. The molecule has 0 atom stereocenters. The number of nitrogens with zero attached hydrogens (tertiary/aromatic N) is 1. The molecule has 108 valence electrons. The van der Waals surface area contributed by atoms with Gasteiger partial charge < -0.3 is 15.7 Å². The van der Waals surface area contributed by atoms with Crippen LogP contribution in [-0.4, -0.2) is 34.6 Å². The Morgan fingerprint density at radius 2 is 2.10 bits per heavy atom. The van der Waals surface area contributed by atoms with Crippen molar-refractivity contribution < 1.29 is 14.7 Å². The van der Waals surface area contributed by atoms with E-state index in [4.69, 9.17) is 0 Å². The Kier molecular flexibility index (Phi) is 4.22. The maximum atomic E-state index is 11.5. The average Bonchev–Trinajstić information content (AvgIpc) is 3.11. The minimum absolute atomic E-state index is 0.0127. The highest BCUT2D eigenvalue weighted by Crippen LogP contribution is 2.20. The molecule has 0 saturated heterocycles. The zero-order valence-electron chi connectivity index (χ0n) is 11.7. The van der Waals surface area contributed by atoms with E-state index in [0.29, 0.717) is 30.4 Å². The number of hydrogen-bond donors (Lipinski definition) is 3. The van der Waals surface area contributed by atoms with Gasteiger partial charge in [0, 0.05) is 24.7 Å². The van der Waals surface area contributed by atoms with Gasteiger partial charge in [-0.15, -0.1) is 0 Å². The largest absolute Gasteiger partial charge is 0.478 e. The van der Waals surface area contributed by atoms with Gasteiger partial charge in [0.1, 0.15) is 11.4 Å². The fourth-order valence-electron chi connectivity index (χ4n) is 2.06. The lowest BCUT2D eigenvalue weighted by Crippen LogP contribution is -2.27. The number of nitrogens with one attached hydrogen (secondary N) is 2. The summed E-state index contributed by atoms with van der Waals surface area (Å²) in [6.45, 7) is 3.92. The van der Waals surface area contributed by atoms with Crippen LogP contribution in [0, 0.1) is 13.8 Å². The van der Waals surface area contributed by atoms with Crippen molar-refractivity contribution in [3.8, 4) is 0 Å². The molecule has 20 heavy (non-hydrogen) atoms. The second-order valence-corrected chi connectivity index (χ2v) is 5.13. The number of pyridine rings is 1. The van der Waals surface area contributed by atoms with E-state index in [-0.39, 0.29) is 11.5 Å². The first-order valence-electron chi connectivity index (χ1n) is 6.72. The van der Waals surface area contributed by atoms with Gasteiger partial charge in [-0.25, -0.2) is 9.78 Å². The lowest BCUT2D eigenvalue weighted by molar-refractivity contribution is -0.120. The molecule has 0 aliphatic heterocycles. The van der Waals surface area contributed by atoms with Crippen LogP contribution in [0.25, 0.3) is 0 Å². The minimum atomic E-state index is -1.01. The van der Waals surface area contributed by atoms with Crippen molar-refractivity contribution in [1.82, 2.24) is 10.3 Å². The number of aromatic nitrogens is 1. The zero-order valence-corrected chi connectivity index (χ0v) is 11.7. The number of carbonyl (C=O) groups excluding carboxylic acids is 1. The number of hydrogen-bond acceptors (Lipinski definition) is 4. The molecular weight excluding hydrogens is 258 g/mol. The summed E-state index contributed by atoms with van der Waals surface area (Å²) < 4.78 is 0. The SMILES string of the molecule is Cc1cc(C)c(C(=O)O)c(NCCC(=O)NC2CC2)n1. The molecule has 1 heterocycles. The standard InChI is InChI=1S/C14H19N3O3/c1-8-7-9(2)16-13(12(8)14(19)20)15-6-5-11(18)17-10-3-4-10/h7,10H,3-6H2,1-2H3,(H,15,16)(H,17,18)(H,19,20). The molecule has 1 aliphatic carbocycles. The summed E-state index contributed by atoms with van der Waals surface area (Å²) in [5.74, 6) is -0.699. The molecule has 0 radical (unpaired) electrons. The van der Waals surface area contributed by atoms with Gasteiger partial charge in [0.05, 0.1) is 0 Å². The Morgan fingerprint density at radius 3 is 2.70 bits per heavy atom. The van der Waals surface area contributed by atoms with Crippen LogP contribution in [0.1, 0.15) is 40.9 Å². The Morgan fingerprint density at radius 1 is 1.40 bits per heavy atom. The number of anilines is 1. The highest BCUT2D eigenvalue weighted by Gasteiger charge is 2.23. The predicted octanol–water partition coefficient (Wildman–Crippen LogP) is 1.48. The molecule has 1 aromatic rings. The van der Waals surface area contributed by atoms with Gasteiger partial charge in [-0.1, -0.05) is 0 Å². The molecule has 3 N–H and O–H groups in total. The first-order valence-corrected chi connectivity index (χ1v) is 6.72. The average molecular weight is 277 g/mol. The molecule has 6 heteroatoms. The fourth-order valence-corrected chi connectivity index (χ4v) is 2.06. The van der Waals surface area contributed by atoms with E-state index in [0.717, 1.165) is 18.5 Å². The monoisotopic (exact) mass is 277 g/mol. The van der Waals surface area contributed by atoms with Gasteiger partial charge in [0.15, 0.2) is 0 Å². The molecule has 0 spiro atoms. The van der Waals surface area contributed by atoms with E-state index < -0.39 is 5.97 Å². The molecule has 1 amide bonds. The Hall–Kier alpha value is -2.11. The van der Waals surface area contributed by atoms with Crippen LogP contribution in [-0.2, 0) is 4.79 Å². The fraction of sp³-hybridized carbons (Fsp3) is 0.500. The maximum absolute atomic E-state index is 11.5. The van der Waals surface area contributed by atoms with Crippen molar-refractivity contribution in [2.24, 2.45) is 0 Å². The highest BCUT2D eigenvalue weighted by atomic mass is 16.4. The molecule has 1 fully saturated rings. The van der Waals surface area contributed by atoms with Gasteiger partial charge in [-0.2, -0.15) is 0 Å². The lowest BCUT2D eigenvalue weighted by atomic mass is 10.1. The van der Waals surface area contributed by atoms with E-state index in [1.165, 1.54) is 0 Å². The Labute approximate surface area is 117 Å². The zero-order chi connectivity index (χ0) is 14.7. The van der Waals surface area contributed by atoms with Crippen molar-refractivity contribution in [1.29, 1.82) is 0 Å². The van der Waals surface area contributed by atoms with Gasteiger partial charge in [0.25, 0.3) is 0 Å². The summed E-state index contributed by atoms with van der Waals surface area (Å²) in [6.07, 6.45) is 2.42. The first kappa shape index (κ1) is 14.3. The molecular formula is C14H19N3O3. The van der Waals surface area contributed by atoms with Crippen molar-refractivity contribution in [2.45, 2.75) is 39.2 Å². The van der Waals surface area contributed by atoms with Crippen molar-refractivity contribution in [3.05, 3.63) is 22.9 Å². The van der Waals surface area contributed by atoms with Gasteiger partial charge in [-0.3, -0.25) is 4.79 Å². The molecule has 1 aliphatic rings. The number of carbonyl (C=O) groups is 2. The molecule has 0 unspecified atom stereocenters. The summed E-state index contributed by atoms with van der Waals surface area (Å²) in [4.78, 5) is 27.0. The Bertz CT molecular complexity index is 539. The number of carboxylic acids is 1. The summed E-state index contributed by atoms with van der Waals surface area (Å²) in [7, 11) is 0. The van der Waals surface area contributed by atoms with Crippen molar-refractivity contribution in [3.63, 3.8) is 0 Å². The third-order valence-corrected chi connectivity index (χ3v) is 3.15. The third kappa shape index (κ3) is 3.69. The van der Waals surface area contributed by atoms with Crippen molar-refractivity contribution in [2.75, 3.05) is 11.9 Å². The van der Waals surface area contributed by atoms with Crippen LogP contribution >= 0.6 is 0 Å². The topological polar surface area (TPSA) is 91.3 Å². The van der Waals surface area contributed by atoms with E-state index in [1.54, 1.807) is 13.0 Å². The summed E-state index contributed by atoms with van der Waals surface area (Å²) in [5.41, 5.74) is 1.57. The highest BCUT2D eigenvalue weighted by molar-refractivity contribution is 5.94. The number of carboxylic acid groups (broad SMARTS) is 1. The van der Waals surface area contributed by atoms with E-state index in [2.05, 4.69) is 15.6 Å². The van der Waals surface area contributed by atoms with E-state index in [9.17, 15) is 14.7 Å². The van der Waals surface area contributed by atoms with Crippen LogP contribution in [0.3, 0.4) is 0 Å². The van der Waals surface area contributed by atoms with Crippen LogP contribution < -0.4 is 10.6 Å². The van der Waals surface area contributed by atoms with Crippen LogP contribution in [0.5, 0.6) is 0 Å². The predicted molar refractivity (Wildman–Crippen MR) is 74.9 cm³/mol. The second-order valence-electron chi connectivity index (χ2n) is 5.13. The van der Waals surface area contributed by atoms with Gasteiger partial charge in [0.2, 0.25) is 5.91 Å². The molecule has 1 aromatic heterocycles. The van der Waals surface area contributed by atoms with E-state index >= 15 is 0 Å². The summed E-state index contributed by atoms with van der Waals surface area (Å²) in [5, 5.41) is 15.0. The van der Waals surface area contributed by atoms with E-state index in [1.807, 2.05) is 6.92 Å². The number of amides is 1. The molecule has 0 aromatic carbocycles. The smallest absolute Gasteiger partial charge is 0.339 e. The maximum Gasteiger partial charge on any atom is 0.339 e. The number of aryl methyl sites for hydroxylation is 2. The van der Waals surface area contributed by atoms with Crippen molar-refractivity contribution >= 4 is 17.7 Å². The Balaban J connectivity index is 1.97. The third-order valence-electron chi connectivity index (χ3n) is 3.15. The summed E-state index contributed by atoms with van der Waals surface area (Å²) >= 11 is 0. The van der Waals surface area contributed by atoms with Gasteiger partial charge in [-0.05, 0) is 38.3 Å². The normalized spacial score (nSPS) is 13.9. The second kappa shape index (κ2) is 5.90. The first-order chi connectivity index (χ1) is 9.47. The van der Waals surface area contributed by atoms with Gasteiger partial charge >= 0.3 is 5.97 Å².